The first kappa shape index (κ1) is 29.6. The van der Waals surface area contributed by atoms with Gasteiger partial charge in [-0.3, -0.25) is 14.9 Å². The number of nitrogens with zero attached hydrogens (tertiary/aromatic N) is 3. The number of furan rings is 1. The predicted molar refractivity (Wildman–Crippen MR) is 151 cm³/mol. The van der Waals surface area contributed by atoms with Crippen molar-refractivity contribution in [1.82, 2.24) is 0 Å². The molecule has 14 heteroatoms. The first-order chi connectivity index (χ1) is 20.5. The van der Waals surface area contributed by atoms with Gasteiger partial charge in [0.15, 0.2) is 23.3 Å². The molecule has 8 nitrogen and oxygen atoms in total. The van der Waals surface area contributed by atoms with E-state index in [9.17, 15) is 36.9 Å². The topological polar surface area (TPSA) is 91.9 Å². The molecule has 4 aromatic rings. The molecule has 1 aliphatic heterocycles. The number of piperazine rings is 1. The van der Waals surface area contributed by atoms with Crippen LogP contribution in [0.25, 0.3) is 17.4 Å². The molecule has 5 rings (SSSR count). The number of anilines is 3. The summed E-state index contributed by atoms with van der Waals surface area (Å²) in [7, 11) is 0. The molecule has 1 amide bonds. The second-order valence-electron chi connectivity index (χ2n) is 9.36. The second kappa shape index (κ2) is 12.1. The van der Waals surface area contributed by atoms with E-state index < -0.39 is 45.6 Å². The molecule has 0 radical (unpaired) electrons. The Kier molecular flexibility index (Phi) is 8.35. The molecular formula is C29H20ClF5N4O4. The summed E-state index contributed by atoms with van der Waals surface area (Å²) in [6, 6.07) is 13.9. The Morgan fingerprint density at radius 3 is 2.16 bits per heavy atom. The van der Waals surface area contributed by atoms with E-state index in [-0.39, 0.29) is 42.6 Å². The van der Waals surface area contributed by atoms with E-state index in [1.807, 2.05) is 0 Å². The molecule has 3 aromatic carbocycles. The van der Waals surface area contributed by atoms with Crippen LogP contribution < -0.4 is 15.1 Å². The van der Waals surface area contributed by atoms with E-state index in [0.29, 0.717) is 22.7 Å². The highest BCUT2D eigenvalue weighted by molar-refractivity contribution is 6.33. The minimum absolute atomic E-state index is 0.0376. The maximum Gasteiger partial charge on any atom is 0.280 e. The molecule has 0 bridgehead atoms. The highest BCUT2D eigenvalue weighted by Gasteiger charge is 2.31. The first-order valence-electron chi connectivity index (χ1n) is 12.7. The Labute approximate surface area is 245 Å². The van der Waals surface area contributed by atoms with Gasteiger partial charge in [0.25, 0.3) is 5.69 Å². The standard InChI is InChI=1S/C29H20ClF5N4O4/c30-19-15-16(36-23(40)10-7-17-6-9-22(43-17)18-3-1-2-4-20(18)39(41)42)5-8-21(19)37-11-13-38(14-12-37)29-27(34)25(32)24(31)26(33)28(29)35/h1-10,15H,11-14H2,(H,36,40)/b10-7+. The van der Waals surface area contributed by atoms with Gasteiger partial charge in [-0.1, -0.05) is 23.7 Å². The number of carbonyl (C=O) groups excluding carboxylic acids is 1. The van der Waals surface area contributed by atoms with Crippen LogP contribution >= 0.6 is 11.6 Å². The van der Waals surface area contributed by atoms with Crippen molar-refractivity contribution in [2.24, 2.45) is 0 Å². The van der Waals surface area contributed by atoms with E-state index in [4.69, 9.17) is 16.0 Å². The van der Waals surface area contributed by atoms with E-state index in [1.165, 1.54) is 24.3 Å². The van der Waals surface area contributed by atoms with Crippen molar-refractivity contribution < 1.29 is 36.1 Å². The third kappa shape index (κ3) is 6.02. The van der Waals surface area contributed by atoms with E-state index >= 15 is 0 Å². The fraction of sp³-hybridized carbons (Fsp3) is 0.138. The molecule has 0 aliphatic carbocycles. The maximum absolute atomic E-state index is 14.2. The summed E-state index contributed by atoms with van der Waals surface area (Å²) in [5.74, 6) is -9.93. The average molecular weight is 619 g/mol. The van der Waals surface area contributed by atoms with Crippen LogP contribution in [-0.2, 0) is 4.79 Å². The fourth-order valence-electron chi connectivity index (χ4n) is 4.65. The summed E-state index contributed by atoms with van der Waals surface area (Å²) in [5, 5.41) is 14.2. The number of nitro groups is 1. The number of para-hydroxylation sites is 1. The van der Waals surface area contributed by atoms with Gasteiger partial charge in [0.05, 0.1) is 21.2 Å². The number of nitro benzene ring substituents is 1. The molecule has 222 valence electrons. The molecule has 0 spiro atoms. The number of rotatable bonds is 7. The molecule has 2 heterocycles. The number of hydrogen-bond donors (Lipinski definition) is 1. The molecule has 1 fully saturated rings. The fourth-order valence-corrected chi connectivity index (χ4v) is 4.95. The average Bonchev–Trinajstić information content (AvgIpc) is 3.48. The summed E-state index contributed by atoms with van der Waals surface area (Å²) >= 11 is 6.43. The Balaban J connectivity index is 1.21. The Morgan fingerprint density at radius 1 is 0.884 bits per heavy atom. The van der Waals surface area contributed by atoms with Gasteiger partial charge in [-0.15, -0.1) is 0 Å². The van der Waals surface area contributed by atoms with Gasteiger partial charge >= 0.3 is 0 Å². The van der Waals surface area contributed by atoms with Gasteiger partial charge in [0, 0.05) is 44.0 Å². The predicted octanol–water partition coefficient (Wildman–Crippen LogP) is 7.18. The normalized spacial score (nSPS) is 13.5. The first-order valence-corrected chi connectivity index (χ1v) is 13.1. The summed E-state index contributed by atoms with van der Waals surface area (Å²) in [6.07, 6.45) is 2.61. The van der Waals surface area contributed by atoms with Crippen LogP contribution in [0.4, 0.5) is 44.7 Å². The zero-order valence-corrected chi connectivity index (χ0v) is 22.7. The third-order valence-corrected chi connectivity index (χ3v) is 7.03. The minimum atomic E-state index is -2.21. The molecule has 0 atom stereocenters. The second-order valence-corrected chi connectivity index (χ2v) is 9.76. The number of carbonyl (C=O) groups is 1. The number of benzene rings is 3. The van der Waals surface area contributed by atoms with Crippen molar-refractivity contribution >= 4 is 46.3 Å². The molecule has 0 unspecified atom stereocenters. The summed E-state index contributed by atoms with van der Waals surface area (Å²) in [6.45, 7) is 0.268. The smallest absolute Gasteiger partial charge is 0.280 e. The van der Waals surface area contributed by atoms with Crippen molar-refractivity contribution in [3.63, 3.8) is 0 Å². The van der Waals surface area contributed by atoms with Crippen LogP contribution in [0.15, 0.2) is 65.1 Å². The van der Waals surface area contributed by atoms with Crippen molar-refractivity contribution in [1.29, 1.82) is 0 Å². The lowest BCUT2D eigenvalue weighted by Gasteiger charge is -2.38. The number of nitrogens with one attached hydrogen (secondary N) is 1. The van der Waals surface area contributed by atoms with Gasteiger partial charge in [0.2, 0.25) is 11.7 Å². The lowest BCUT2D eigenvalue weighted by atomic mass is 10.1. The van der Waals surface area contributed by atoms with E-state index in [2.05, 4.69) is 5.32 Å². The molecule has 1 aromatic heterocycles. The van der Waals surface area contributed by atoms with E-state index in [1.54, 1.807) is 47.4 Å². The van der Waals surface area contributed by atoms with Crippen molar-refractivity contribution in [3.8, 4) is 11.3 Å². The number of amides is 1. The van der Waals surface area contributed by atoms with Crippen molar-refractivity contribution in [3.05, 3.63) is 111 Å². The van der Waals surface area contributed by atoms with Crippen LogP contribution in [0.3, 0.4) is 0 Å². The largest absolute Gasteiger partial charge is 0.456 e. The van der Waals surface area contributed by atoms with Gasteiger partial charge in [-0.25, -0.2) is 22.0 Å². The highest BCUT2D eigenvalue weighted by Crippen LogP contribution is 2.34. The maximum atomic E-state index is 14.2. The van der Waals surface area contributed by atoms with Gasteiger partial charge in [-0.05, 0) is 42.5 Å². The highest BCUT2D eigenvalue weighted by atomic mass is 35.5. The summed E-state index contributed by atoms with van der Waals surface area (Å²) in [4.78, 5) is 26.1. The van der Waals surface area contributed by atoms with Crippen LogP contribution in [0.2, 0.25) is 5.02 Å². The zero-order valence-electron chi connectivity index (χ0n) is 21.9. The van der Waals surface area contributed by atoms with Gasteiger partial charge in [0.1, 0.15) is 17.2 Å². The van der Waals surface area contributed by atoms with Crippen LogP contribution in [-0.4, -0.2) is 37.0 Å². The Bertz CT molecular complexity index is 1730. The summed E-state index contributed by atoms with van der Waals surface area (Å²) in [5.41, 5.74) is 0.119. The lowest BCUT2D eigenvalue weighted by molar-refractivity contribution is -0.384. The molecule has 0 saturated carbocycles. The molecule has 1 N–H and O–H groups in total. The molecule has 43 heavy (non-hydrogen) atoms. The third-order valence-electron chi connectivity index (χ3n) is 6.73. The molecule has 1 aliphatic rings. The quantitative estimate of drug-likeness (QED) is 0.0589. The van der Waals surface area contributed by atoms with Gasteiger partial charge in [-0.2, -0.15) is 0 Å². The Morgan fingerprint density at radius 2 is 1.51 bits per heavy atom. The number of hydrogen-bond acceptors (Lipinski definition) is 6. The van der Waals surface area contributed by atoms with Gasteiger partial charge < -0.3 is 19.5 Å². The van der Waals surface area contributed by atoms with Crippen molar-refractivity contribution in [2.75, 3.05) is 41.3 Å². The summed E-state index contributed by atoms with van der Waals surface area (Å²) < 4.78 is 74.8. The van der Waals surface area contributed by atoms with Crippen LogP contribution in [0, 0.1) is 39.2 Å². The molecule has 1 saturated heterocycles. The van der Waals surface area contributed by atoms with Crippen LogP contribution in [0.5, 0.6) is 0 Å². The Hall–Kier alpha value is -4.91. The van der Waals surface area contributed by atoms with E-state index in [0.717, 1.165) is 4.90 Å². The lowest BCUT2D eigenvalue weighted by Crippen LogP contribution is -2.47. The monoisotopic (exact) mass is 618 g/mol. The van der Waals surface area contributed by atoms with Crippen molar-refractivity contribution in [2.45, 2.75) is 0 Å². The SMILES string of the molecule is O=C(/C=C/c1ccc(-c2ccccc2[N+](=O)[O-])o1)Nc1ccc(N2CCN(c3c(F)c(F)c(F)c(F)c3F)CC2)c(Cl)c1. The zero-order chi connectivity index (χ0) is 30.8. The minimum Gasteiger partial charge on any atom is -0.456 e. The number of halogens is 6. The molecular weight excluding hydrogens is 599 g/mol. The van der Waals surface area contributed by atoms with Crippen LogP contribution in [0.1, 0.15) is 5.76 Å².